The van der Waals surface area contributed by atoms with Crippen molar-refractivity contribution in [3.05, 3.63) is 76.1 Å². The summed E-state index contributed by atoms with van der Waals surface area (Å²) < 4.78 is 7.57. The van der Waals surface area contributed by atoms with Gasteiger partial charge in [-0.05, 0) is 63.6 Å². The van der Waals surface area contributed by atoms with Crippen molar-refractivity contribution in [2.24, 2.45) is 5.10 Å². The maximum Gasteiger partial charge on any atom is 0.280 e. The van der Waals surface area contributed by atoms with Gasteiger partial charge in [-0.1, -0.05) is 29.8 Å². The number of halogens is 1. The number of aromatic nitrogens is 2. The molecule has 29 heavy (non-hydrogen) atoms. The molecular formula is C22H23ClN4O2. The van der Waals surface area contributed by atoms with Gasteiger partial charge in [0, 0.05) is 10.6 Å². The van der Waals surface area contributed by atoms with E-state index in [9.17, 15) is 4.79 Å². The normalized spacial score (nSPS) is 12.2. The van der Waals surface area contributed by atoms with Crippen molar-refractivity contribution < 1.29 is 9.53 Å². The number of nitrogens with zero attached hydrogens (tertiary/aromatic N) is 3. The molecule has 0 spiro atoms. The molecule has 0 aliphatic carbocycles. The second-order valence-corrected chi connectivity index (χ2v) is 7.17. The Hall–Kier alpha value is -3.12. The zero-order chi connectivity index (χ0) is 21.0. The number of amides is 1. The number of ether oxygens (including phenoxy) is 1. The average molecular weight is 411 g/mol. The number of rotatable bonds is 6. The van der Waals surface area contributed by atoms with Gasteiger partial charge in [-0.3, -0.25) is 4.79 Å². The van der Waals surface area contributed by atoms with Gasteiger partial charge in [0.1, 0.15) is 5.75 Å². The molecule has 0 aliphatic rings. The van der Waals surface area contributed by atoms with E-state index in [0.29, 0.717) is 10.8 Å². The van der Waals surface area contributed by atoms with E-state index in [4.69, 9.17) is 16.3 Å². The van der Waals surface area contributed by atoms with E-state index < -0.39 is 6.10 Å². The van der Waals surface area contributed by atoms with E-state index in [1.807, 2.05) is 55.8 Å². The second kappa shape index (κ2) is 8.92. The number of nitrogens with one attached hydrogen (secondary N) is 1. The quantitative estimate of drug-likeness (QED) is 0.484. The predicted molar refractivity (Wildman–Crippen MR) is 115 cm³/mol. The fourth-order valence-corrected chi connectivity index (χ4v) is 3.13. The number of hydrogen-bond donors (Lipinski definition) is 1. The molecule has 150 valence electrons. The molecule has 6 nitrogen and oxygen atoms in total. The standard InChI is InChI=1S/C22H23ClN4O2/c1-14-12-18(23)10-11-21(14)29-17(4)22(28)25-24-13-20-15(2)26-27(16(20)3)19-8-6-5-7-9-19/h5-13,17H,1-4H3,(H,25,28). The van der Waals surface area contributed by atoms with Crippen LogP contribution in [0.3, 0.4) is 0 Å². The fraction of sp³-hybridized carbons (Fsp3) is 0.227. The van der Waals surface area contributed by atoms with E-state index in [1.54, 1.807) is 31.3 Å². The third-order valence-electron chi connectivity index (χ3n) is 4.53. The number of hydrogen-bond acceptors (Lipinski definition) is 4. The average Bonchev–Trinajstić information content (AvgIpc) is 2.98. The molecule has 1 unspecified atom stereocenters. The first-order valence-corrected chi connectivity index (χ1v) is 9.62. The molecular weight excluding hydrogens is 388 g/mol. The Morgan fingerprint density at radius 1 is 1.21 bits per heavy atom. The molecule has 2 aromatic carbocycles. The summed E-state index contributed by atoms with van der Waals surface area (Å²) in [5.74, 6) is 0.262. The van der Waals surface area contributed by atoms with Gasteiger partial charge in [0.25, 0.3) is 5.91 Å². The van der Waals surface area contributed by atoms with E-state index in [1.165, 1.54) is 0 Å². The Labute approximate surface area is 175 Å². The summed E-state index contributed by atoms with van der Waals surface area (Å²) in [6.07, 6.45) is 0.899. The predicted octanol–water partition coefficient (Wildman–Crippen LogP) is 4.37. The molecule has 0 saturated carbocycles. The van der Waals surface area contributed by atoms with E-state index in [-0.39, 0.29) is 5.91 Å². The summed E-state index contributed by atoms with van der Waals surface area (Å²) in [7, 11) is 0. The van der Waals surface area contributed by atoms with Crippen molar-refractivity contribution in [2.75, 3.05) is 0 Å². The summed E-state index contributed by atoms with van der Waals surface area (Å²) in [4.78, 5) is 12.3. The lowest BCUT2D eigenvalue weighted by Crippen LogP contribution is -2.33. The van der Waals surface area contributed by atoms with Crippen LogP contribution in [0.15, 0.2) is 53.6 Å². The van der Waals surface area contributed by atoms with E-state index in [2.05, 4.69) is 15.6 Å². The molecule has 3 aromatic rings. The Balaban J connectivity index is 1.66. The van der Waals surface area contributed by atoms with Crippen LogP contribution in [0.2, 0.25) is 5.02 Å². The molecule has 0 bridgehead atoms. The minimum atomic E-state index is -0.707. The van der Waals surface area contributed by atoms with E-state index >= 15 is 0 Å². The van der Waals surface area contributed by atoms with Gasteiger partial charge in [-0.15, -0.1) is 0 Å². The molecule has 0 fully saturated rings. The van der Waals surface area contributed by atoms with Crippen molar-refractivity contribution in [1.82, 2.24) is 15.2 Å². The lowest BCUT2D eigenvalue weighted by molar-refractivity contribution is -0.127. The van der Waals surface area contributed by atoms with Crippen molar-refractivity contribution in [1.29, 1.82) is 0 Å². The van der Waals surface area contributed by atoms with Crippen LogP contribution in [0, 0.1) is 20.8 Å². The van der Waals surface area contributed by atoms with Crippen LogP contribution in [0.25, 0.3) is 5.69 Å². The Kier molecular flexibility index (Phi) is 6.34. The molecule has 3 rings (SSSR count). The van der Waals surface area contributed by atoms with Crippen LogP contribution in [-0.4, -0.2) is 28.0 Å². The molecule has 1 atom stereocenters. The third kappa shape index (κ3) is 4.84. The van der Waals surface area contributed by atoms with Crippen LogP contribution in [-0.2, 0) is 4.79 Å². The van der Waals surface area contributed by atoms with Crippen molar-refractivity contribution >= 4 is 23.7 Å². The molecule has 7 heteroatoms. The second-order valence-electron chi connectivity index (χ2n) is 6.74. The minimum Gasteiger partial charge on any atom is -0.481 e. The fourth-order valence-electron chi connectivity index (χ4n) is 2.90. The number of benzene rings is 2. The summed E-state index contributed by atoms with van der Waals surface area (Å²) in [6, 6.07) is 15.1. The summed E-state index contributed by atoms with van der Waals surface area (Å²) in [5.41, 5.74) is 6.98. The molecule has 1 N–H and O–H groups in total. The highest BCUT2D eigenvalue weighted by atomic mass is 35.5. The van der Waals surface area contributed by atoms with Gasteiger partial charge in [0.2, 0.25) is 0 Å². The Morgan fingerprint density at radius 3 is 2.62 bits per heavy atom. The first kappa shape index (κ1) is 20.6. The monoisotopic (exact) mass is 410 g/mol. The van der Waals surface area contributed by atoms with Crippen LogP contribution in [0.1, 0.15) is 29.4 Å². The zero-order valence-corrected chi connectivity index (χ0v) is 17.6. The number of carbonyl (C=O) groups is 1. The number of hydrazone groups is 1. The molecule has 0 saturated heterocycles. The first-order chi connectivity index (χ1) is 13.9. The minimum absolute atomic E-state index is 0.346. The maximum absolute atomic E-state index is 12.3. The molecule has 0 aliphatic heterocycles. The van der Waals surface area contributed by atoms with Crippen LogP contribution in [0.4, 0.5) is 0 Å². The summed E-state index contributed by atoms with van der Waals surface area (Å²) in [6.45, 7) is 7.42. The van der Waals surface area contributed by atoms with E-state index in [0.717, 1.165) is 28.2 Å². The highest BCUT2D eigenvalue weighted by Gasteiger charge is 2.16. The van der Waals surface area contributed by atoms with Gasteiger partial charge in [-0.25, -0.2) is 10.1 Å². The zero-order valence-electron chi connectivity index (χ0n) is 16.8. The SMILES string of the molecule is Cc1cc(Cl)ccc1OC(C)C(=O)NN=Cc1c(C)nn(-c2ccccc2)c1C. The van der Waals surface area contributed by atoms with Gasteiger partial charge in [0.05, 0.1) is 23.3 Å². The van der Waals surface area contributed by atoms with Crippen LogP contribution in [0.5, 0.6) is 5.75 Å². The molecule has 1 aromatic heterocycles. The lowest BCUT2D eigenvalue weighted by Gasteiger charge is -2.14. The van der Waals surface area contributed by atoms with Gasteiger partial charge in [-0.2, -0.15) is 10.2 Å². The molecule has 1 heterocycles. The van der Waals surface area contributed by atoms with Crippen LogP contribution >= 0.6 is 11.6 Å². The summed E-state index contributed by atoms with van der Waals surface area (Å²) >= 11 is 5.95. The smallest absolute Gasteiger partial charge is 0.280 e. The summed E-state index contributed by atoms with van der Waals surface area (Å²) in [5, 5.41) is 9.28. The maximum atomic E-state index is 12.3. The first-order valence-electron chi connectivity index (χ1n) is 9.24. The molecule has 0 radical (unpaired) electrons. The highest BCUT2D eigenvalue weighted by Crippen LogP contribution is 2.23. The third-order valence-corrected chi connectivity index (χ3v) is 4.76. The number of para-hydroxylation sites is 1. The van der Waals surface area contributed by atoms with Gasteiger partial charge < -0.3 is 4.74 Å². The van der Waals surface area contributed by atoms with Crippen molar-refractivity contribution in [3.8, 4) is 11.4 Å². The number of carbonyl (C=O) groups excluding carboxylic acids is 1. The lowest BCUT2D eigenvalue weighted by atomic mass is 10.2. The largest absolute Gasteiger partial charge is 0.481 e. The Morgan fingerprint density at radius 2 is 1.93 bits per heavy atom. The van der Waals surface area contributed by atoms with Gasteiger partial charge in [0.15, 0.2) is 6.10 Å². The van der Waals surface area contributed by atoms with Crippen molar-refractivity contribution in [2.45, 2.75) is 33.8 Å². The number of aryl methyl sites for hydroxylation is 2. The Bertz CT molecular complexity index is 1040. The topological polar surface area (TPSA) is 68.5 Å². The van der Waals surface area contributed by atoms with Gasteiger partial charge >= 0.3 is 0 Å². The molecule has 1 amide bonds. The highest BCUT2D eigenvalue weighted by molar-refractivity contribution is 6.30. The van der Waals surface area contributed by atoms with Crippen molar-refractivity contribution in [3.63, 3.8) is 0 Å². The van der Waals surface area contributed by atoms with Crippen LogP contribution < -0.4 is 10.2 Å².